The van der Waals surface area contributed by atoms with Crippen LogP contribution in [0.4, 0.5) is 0 Å². The molecule has 22 atom stereocenters. The molecule has 626 valence electrons. The van der Waals surface area contributed by atoms with Crippen molar-refractivity contribution in [2.45, 2.75) is 225 Å². The molecule has 23 N–H and O–H groups in total. The number of amides is 9. The van der Waals surface area contributed by atoms with E-state index in [1.807, 2.05) is 0 Å². The highest BCUT2D eigenvalue weighted by Crippen LogP contribution is 2.28. The van der Waals surface area contributed by atoms with Gasteiger partial charge in [0.15, 0.2) is 31.4 Å². The molecule has 5 fully saturated rings. The smallest absolute Gasteiger partial charge is 0.333 e. The molecule has 45 nitrogen and oxygen atoms in total. The standard InChI is InChI=1S/C64H110N10O35/c1-2-65-59(100)60(108-64-57(98)53(94)49(90)37(32-78)107-64)73(28-42(83)70-20-23-102-62-55(96)51(92)47(88)35(30-76)105-62)33(58(99)71-21-24-103-63-56(97)52(93)48(89)36(31-77)106-63)11-7-10-18-68-41(82)27-72(26-40(81)67-17-9-4-6-13-45(86)109-74-43(84)14-15-44(74)85)25-39(80)66-16-8-3-5-12-38(79)69-19-22-101-61-54(95)50(91)46(87)34(29-75)104-61/h33-37,46-57,60-64,75-78,87-98H,2-32H2,1H3,(H,65,100)(H,66,80)(H,67,81)(H,68,82)(H,69,79)(H,70,83)(H,71,99)/t33?,34-,35-,36+,37-,46-,47-,48+,49-,50+,51+,52-,53+,54+,55+,56-,57+,60?,61+,62+,63-,64-/m0/s1. The van der Waals surface area contributed by atoms with Gasteiger partial charge in [0, 0.05) is 71.5 Å². The number of imide groups is 1. The zero-order valence-corrected chi connectivity index (χ0v) is 60.4. The van der Waals surface area contributed by atoms with Crippen LogP contribution in [0.1, 0.15) is 90.4 Å². The number of rotatable bonds is 49. The first-order valence-corrected chi connectivity index (χ1v) is 36.2. The van der Waals surface area contributed by atoms with Crippen molar-refractivity contribution >= 4 is 59.1 Å². The van der Waals surface area contributed by atoms with E-state index in [-0.39, 0.29) is 96.6 Å². The quantitative estimate of drug-likeness (QED) is 0.0153. The lowest BCUT2D eigenvalue weighted by Crippen LogP contribution is -2.64. The Labute approximate surface area is 625 Å². The summed E-state index contributed by atoms with van der Waals surface area (Å²) in [6.45, 7) is -6.38. The monoisotopic (exact) mass is 1580 g/mol. The largest absolute Gasteiger partial charge is 0.394 e. The van der Waals surface area contributed by atoms with Crippen molar-refractivity contribution < 1.29 is 172 Å². The van der Waals surface area contributed by atoms with Gasteiger partial charge in [0.25, 0.3) is 17.7 Å². The molecule has 0 spiro atoms. The van der Waals surface area contributed by atoms with Crippen molar-refractivity contribution in [3.05, 3.63) is 0 Å². The van der Waals surface area contributed by atoms with Crippen molar-refractivity contribution in [2.24, 2.45) is 0 Å². The summed E-state index contributed by atoms with van der Waals surface area (Å²) in [6.07, 6.45) is -34.6. The van der Waals surface area contributed by atoms with Crippen LogP contribution in [-0.4, -0.2) is 409 Å². The van der Waals surface area contributed by atoms with Crippen LogP contribution in [0.3, 0.4) is 0 Å². The van der Waals surface area contributed by atoms with Gasteiger partial charge in [-0.25, -0.2) is 9.69 Å². The van der Waals surface area contributed by atoms with Crippen LogP contribution < -0.4 is 37.2 Å². The SMILES string of the molecule is CCNC(=O)C(O[C@@H]1O[C@@H](CO)[C@H](O)[C@@H](O)[C@H]1O)N(CC(=O)NCCO[C@@H]1O[C@@H](CO)[C@H](O)[C@@H](O)[C@H]1O)C(CCCCNC(=O)CN(CC(=O)NCCCCCC(=O)NCCO[C@@H]1O[C@@H](CO)[C@H](O)[C@@H](O)[C@H]1O)CC(=O)NCCCCCC(=O)ON1C(=O)CCC1=O)C(=O)NCCO[C@H]1O[C@H](CO)[C@@H](O)[C@H](O)[C@@H]1O. The predicted molar refractivity (Wildman–Crippen MR) is 359 cm³/mol. The number of carbonyl (C=O) groups is 10. The van der Waals surface area contributed by atoms with E-state index in [9.17, 15) is 130 Å². The second-order valence-electron chi connectivity index (χ2n) is 26.3. The maximum atomic E-state index is 14.8. The third-order valence-electron chi connectivity index (χ3n) is 18.0. The number of hydrogen-bond acceptors (Lipinski definition) is 37. The topological polar surface area (TPSA) is 671 Å². The van der Waals surface area contributed by atoms with E-state index in [0.717, 1.165) is 4.90 Å². The zero-order valence-electron chi connectivity index (χ0n) is 60.4. The first kappa shape index (κ1) is 93.5. The third-order valence-corrected chi connectivity index (χ3v) is 18.0. The molecule has 0 radical (unpaired) electrons. The van der Waals surface area contributed by atoms with E-state index < -0.39 is 267 Å². The number of carbonyl (C=O) groups excluding carboxylic acids is 10. The molecule has 109 heavy (non-hydrogen) atoms. The molecule has 0 aromatic rings. The first-order valence-electron chi connectivity index (χ1n) is 36.2. The predicted octanol–water partition coefficient (Wildman–Crippen LogP) is -13.7. The molecule has 5 rings (SSSR count). The molecule has 0 aliphatic carbocycles. The van der Waals surface area contributed by atoms with Gasteiger partial charge in [-0.1, -0.05) is 12.8 Å². The van der Waals surface area contributed by atoms with Crippen LogP contribution in [0.5, 0.6) is 0 Å². The molecule has 5 aliphatic heterocycles. The molecule has 0 saturated carbocycles. The fourth-order valence-corrected chi connectivity index (χ4v) is 11.8. The summed E-state index contributed by atoms with van der Waals surface area (Å²) in [5.41, 5.74) is 0. The fraction of sp³-hybridized carbons (Fsp3) is 0.844. The van der Waals surface area contributed by atoms with Gasteiger partial charge in [-0.15, -0.1) is 5.06 Å². The Kier molecular flexibility index (Phi) is 41.8. The van der Waals surface area contributed by atoms with E-state index in [0.29, 0.717) is 37.2 Å². The fourth-order valence-electron chi connectivity index (χ4n) is 11.8. The van der Waals surface area contributed by atoms with Gasteiger partial charge in [0.05, 0.1) is 78.5 Å². The van der Waals surface area contributed by atoms with Gasteiger partial charge in [0.2, 0.25) is 35.4 Å². The van der Waals surface area contributed by atoms with Crippen LogP contribution in [-0.2, 0) is 90.7 Å². The number of hydroxylamine groups is 2. The van der Waals surface area contributed by atoms with Gasteiger partial charge < -0.3 is 162 Å². The summed E-state index contributed by atoms with van der Waals surface area (Å²) in [5, 5.41) is 182. The second-order valence-corrected chi connectivity index (χ2v) is 26.3. The number of unbranched alkanes of at least 4 members (excludes halogenated alkanes) is 5. The molecule has 5 heterocycles. The molecule has 45 heteroatoms. The maximum Gasteiger partial charge on any atom is 0.333 e. The molecule has 0 aromatic carbocycles. The molecular weight excluding hydrogens is 1470 g/mol. The average Bonchev–Trinajstić information content (AvgIpc) is 1.26. The van der Waals surface area contributed by atoms with Crippen molar-refractivity contribution in [3.8, 4) is 0 Å². The Morgan fingerprint density at radius 2 is 0.771 bits per heavy atom. The third kappa shape index (κ3) is 29.7. The lowest BCUT2D eigenvalue weighted by molar-refractivity contribution is -0.319. The number of nitrogens with zero attached hydrogens (tertiary/aromatic N) is 3. The molecule has 0 bridgehead atoms. The summed E-state index contributed by atoms with van der Waals surface area (Å²) in [5.74, 6) is -7.44. The van der Waals surface area contributed by atoms with E-state index in [4.69, 9.17) is 42.7 Å². The summed E-state index contributed by atoms with van der Waals surface area (Å²) < 4.78 is 44.1. The Balaban J connectivity index is 1.27. The van der Waals surface area contributed by atoms with E-state index in [1.165, 1.54) is 11.8 Å². The summed E-state index contributed by atoms with van der Waals surface area (Å²) in [7, 11) is 0. The Hall–Kier alpha value is -6.14. The van der Waals surface area contributed by atoms with Crippen LogP contribution >= 0.6 is 0 Å². The minimum atomic E-state index is -2.17. The average molecular weight is 1580 g/mol. The number of hydrogen-bond donors (Lipinski definition) is 23. The Morgan fingerprint density at radius 1 is 0.413 bits per heavy atom. The highest BCUT2D eigenvalue weighted by Gasteiger charge is 2.50. The minimum absolute atomic E-state index is 0.000717. The summed E-state index contributed by atoms with van der Waals surface area (Å²) >= 11 is 0. The highest BCUT2D eigenvalue weighted by molar-refractivity contribution is 6.01. The second kappa shape index (κ2) is 48.7. The lowest BCUT2D eigenvalue weighted by atomic mass is 9.99. The molecule has 5 aliphatic rings. The first-order chi connectivity index (χ1) is 52.0. The van der Waals surface area contributed by atoms with Gasteiger partial charge in [0.1, 0.15) is 97.7 Å². The van der Waals surface area contributed by atoms with E-state index in [2.05, 4.69) is 37.2 Å². The Morgan fingerprint density at radius 3 is 1.18 bits per heavy atom. The van der Waals surface area contributed by atoms with E-state index in [1.54, 1.807) is 0 Å². The van der Waals surface area contributed by atoms with Gasteiger partial charge >= 0.3 is 5.97 Å². The van der Waals surface area contributed by atoms with Crippen LogP contribution in [0, 0.1) is 0 Å². The van der Waals surface area contributed by atoms with Gasteiger partial charge in [-0.3, -0.25) is 48.1 Å². The number of ether oxygens (including phenoxy) is 8. The number of aliphatic hydroxyl groups excluding tert-OH is 16. The Bertz CT molecular complexity index is 2810. The molecular formula is C64H110N10O35. The molecule has 5 saturated heterocycles. The van der Waals surface area contributed by atoms with Crippen LogP contribution in [0.2, 0.25) is 0 Å². The summed E-state index contributed by atoms with van der Waals surface area (Å²) in [4.78, 5) is 139. The van der Waals surface area contributed by atoms with Crippen LogP contribution in [0.25, 0.3) is 0 Å². The number of aliphatic hydroxyl groups is 16. The normalized spacial score (nSPS) is 29.8. The van der Waals surface area contributed by atoms with Crippen molar-refractivity contribution in [2.75, 3.05) is 118 Å². The van der Waals surface area contributed by atoms with E-state index >= 15 is 0 Å². The number of likely N-dealkylation sites (N-methyl/N-ethyl adjacent to an activating group) is 1. The molecule has 2 unspecified atom stereocenters. The molecule has 0 aromatic heterocycles. The maximum absolute atomic E-state index is 14.8. The van der Waals surface area contributed by atoms with Crippen molar-refractivity contribution in [1.82, 2.24) is 52.1 Å². The van der Waals surface area contributed by atoms with Crippen LogP contribution in [0.15, 0.2) is 0 Å². The number of nitrogens with one attached hydrogen (secondary N) is 7. The van der Waals surface area contributed by atoms with Crippen molar-refractivity contribution in [3.63, 3.8) is 0 Å². The highest BCUT2D eigenvalue weighted by atomic mass is 16.7. The summed E-state index contributed by atoms with van der Waals surface area (Å²) in [6, 6.07) is -1.70. The zero-order chi connectivity index (χ0) is 80.4. The van der Waals surface area contributed by atoms with Gasteiger partial charge in [-0.05, 0) is 51.9 Å². The minimum Gasteiger partial charge on any atom is -0.394 e. The van der Waals surface area contributed by atoms with Gasteiger partial charge in [-0.2, -0.15) is 0 Å². The van der Waals surface area contributed by atoms with Crippen molar-refractivity contribution in [1.29, 1.82) is 0 Å². The lowest BCUT2D eigenvalue weighted by Gasteiger charge is -2.43. The molecule has 9 amide bonds.